The molecular weight excluding hydrogens is 296 g/mol. The summed E-state index contributed by atoms with van der Waals surface area (Å²) in [6, 6.07) is 3.49. The van der Waals surface area contributed by atoms with Gasteiger partial charge in [-0.1, -0.05) is 0 Å². The molecule has 0 saturated carbocycles. The van der Waals surface area contributed by atoms with Gasteiger partial charge in [-0.25, -0.2) is 9.78 Å². The number of aliphatic hydroxyl groups is 1. The number of carbonyl (C=O) groups is 1. The van der Waals surface area contributed by atoms with Crippen molar-refractivity contribution in [2.75, 3.05) is 13.1 Å². The fourth-order valence-corrected chi connectivity index (χ4v) is 3.01. The fourth-order valence-electron chi connectivity index (χ4n) is 3.01. The quantitative estimate of drug-likeness (QED) is 0.898. The predicted octanol–water partition coefficient (Wildman–Crippen LogP) is 1.67. The molecule has 0 aliphatic carbocycles. The predicted molar refractivity (Wildman–Crippen MR) is 83.4 cm³/mol. The van der Waals surface area contributed by atoms with Crippen molar-refractivity contribution in [2.45, 2.75) is 25.5 Å². The van der Waals surface area contributed by atoms with Crippen molar-refractivity contribution in [1.82, 2.24) is 19.8 Å². The van der Waals surface area contributed by atoms with Gasteiger partial charge in [0.2, 0.25) is 0 Å². The molecule has 2 aromatic rings. The van der Waals surface area contributed by atoms with Gasteiger partial charge in [-0.15, -0.1) is 0 Å². The van der Waals surface area contributed by atoms with Crippen LogP contribution in [0.2, 0.25) is 0 Å². The Balaban J connectivity index is 1.57. The van der Waals surface area contributed by atoms with Crippen LogP contribution in [0.4, 0.5) is 4.79 Å². The van der Waals surface area contributed by atoms with E-state index in [1.165, 1.54) is 0 Å². The van der Waals surface area contributed by atoms with Crippen molar-refractivity contribution in [3.63, 3.8) is 0 Å². The van der Waals surface area contributed by atoms with Gasteiger partial charge in [0, 0.05) is 38.4 Å². The first kappa shape index (κ1) is 15.6. The third kappa shape index (κ3) is 3.56. The van der Waals surface area contributed by atoms with E-state index in [1.54, 1.807) is 23.4 Å². The summed E-state index contributed by atoms with van der Waals surface area (Å²) in [6.45, 7) is 1.60. The highest BCUT2D eigenvalue weighted by Gasteiger charge is 2.31. The number of likely N-dealkylation sites (tertiary alicyclic amines) is 1. The minimum Gasteiger partial charge on any atom is -0.467 e. The summed E-state index contributed by atoms with van der Waals surface area (Å²) in [5.41, 5.74) is 0. The number of nitrogens with zero attached hydrogens (tertiary/aromatic N) is 3. The maximum atomic E-state index is 12.3. The smallest absolute Gasteiger partial charge is 0.317 e. The van der Waals surface area contributed by atoms with Crippen molar-refractivity contribution in [2.24, 2.45) is 13.0 Å². The molecule has 124 valence electrons. The number of hydrogen-bond acceptors (Lipinski definition) is 4. The third-order valence-electron chi connectivity index (χ3n) is 4.31. The normalized spacial score (nSPS) is 19.6. The number of furan rings is 1. The molecule has 1 aliphatic rings. The van der Waals surface area contributed by atoms with E-state index in [1.807, 2.05) is 23.9 Å². The summed E-state index contributed by atoms with van der Waals surface area (Å²) in [4.78, 5) is 18.3. The van der Waals surface area contributed by atoms with Gasteiger partial charge >= 0.3 is 6.03 Å². The van der Waals surface area contributed by atoms with Gasteiger partial charge in [0.25, 0.3) is 0 Å². The number of rotatable bonds is 4. The second kappa shape index (κ2) is 6.87. The van der Waals surface area contributed by atoms with E-state index in [2.05, 4.69) is 10.3 Å². The molecule has 2 aromatic heterocycles. The van der Waals surface area contributed by atoms with E-state index in [0.717, 1.165) is 18.6 Å². The zero-order valence-electron chi connectivity index (χ0n) is 13.2. The highest BCUT2D eigenvalue weighted by atomic mass is 16.3. The van der Waals surface area contributed by atoms with Crippen LogP contribution >= 0.6 is 0 Å². The van der Waals surface area contributed by atoms with Gasteiger partial charge in [0.1, 0.15) is 17.7 Å². The van der Waals surface area contributed by atoms with Crippen LogP contribution in [0.1, 0.15) is 30.5 Å². The van der Waals surface area contributed by atoms with Crippen LogP contribution in [0.25, 0.3) is 0 Å². The topological polar surface area (TPSA) is 83.5 Å². The molecule has 1 saturated heterocycles. The Morgan fingerprint density at radius 2 is 2.48 bits per heavy atom. The molecule has 0 spiro atoms. The second-order valence-electron chi connectivity index (χ2n) is 5.93. The average Bonchev–Trinajstić information content (AvgIpc) is 3.23. The van der Waals surface area contributed by atoms with Gasteiger partial charge in [-0.2, -0.15) is 0 Å². The van der Waals surface area contributed by atoms with Crippen molar-refractivity contribution in [3.05, 3.63) is 42.4 Å². The maximum absolute atomic E-state index is 12.3. The van der Waals surface area contributed by atoms with Crippen LogP contribution in [-0.4, -0.2) is 38.7 Å². The Kier molecular flexibility index (Phi) is 4.66. The maximum Gasteiger partial charge on any atom is 0.317 e. The van der Waals surface area contributed by atoms with Crippen LogP contribution in [0.5, 0.6) is 0 Å². The van der Waals surface area contributed by atoms with Crippen molar-refractivity contribution in [3.8, 4) is 0 Å². The van der Waals surface area contributed by atoms with Crippen LogP contribution in [-0.2, 0) is 13.6 Å². The van der Waals surface area contributed by atoms with E-state index >= 15 is 0 Å². The van der Waals surface area contributed by atoms with Gasteiger partial charge in [-0.3, -0.25) is 0 Å². The monoisotopic (exact) mass is 318 g/mol. The summed E-state index contributed by atoms with van der Waals surface area (Å²) in [7, 11) is 1.86. The molecule has 1 fully saturated rings. The first-order valence-electron chi connectivity index (χ1n) is 7.85. The minimum atomic E-state index is -0.657. The summed E-state index contributed by atoms with van der Waals surface area (Å²) < 4.78 is 7.03. The lowest BCUT2D eigenvalue weighted by molar-refractivity contribution is 0.0531. The molecule has 0 aromatic carbocycles. The SMILES string of the molecule is Cn1ccnc1[C@@H](O)[C@H]1CCCN(C(=O)NCc2ccco2)C1. The number of carbonyl (C=O) groups excluding carboxylic acids is 1. The van der Waals surface area contributed by atoms with Crippen LogP contribution in [0.3, 0.4) is 0 Å². The van der Waals surface area contributed by atoms with E-state index < -0.39 is 6.10 Å². The fraction of sp³-hybridized carbons (Fsp3) is 0.500. The van der Waals surface area contributed by atoms with E-state index in [9.17, 15) is 9.90 Å². The van der Waals surface area contributed by atoms with E-state index in [0.29, 0.717) is 25.5 Å². The van der Waals surface area contributed by atoms with Gasteiger partial charge in [-0.05, 0) is 25.0 Å². The minimum absolute atomic E-state index is 0.000729. The number of nitrogens with one attached hydrogen (secondary N) is 1. The molecule has 0 radical (unpaired) electrons. The summed E-state index contributed by atoms with van der Waals surface area (Å²) in [5.74, 6) is 1.37. The van der Waals surface area contributed by atoms with Gasteiger partial charge in [0.05, 0.1) is 12.8 Å². The number of aromatic nitrogens is 2. The Hall–Kier alpha value is -2.28. The standard InChI is InChI=1S/C16H22N4O3/c1-19-8-6-17-15(19)14(21)12-4-2-7-20(11-12)16(22)18-10-13-5-3-9-23-13/h3,5-6,8-9,12,14,21H,2,4,7,10-11H2,1H3,(H,18,22)/t12-,14-/m0/s1. The van der Waals surface area contributed by atoms with Gasteiger partial charge in [0.15, 0.2) is 0 Å². The molecule has 7 heteroatoms. The lowest BCUT2D eigenvalue weighted by Gasteiger charge is -2.34. The number of hydrogen-bond donors (Lipinski definition) is 2. The molecule has 2 atom stereocenters. The molecule has 23 heavy (non-hydrogen) atoms. The molecule has 2 N–H and O–H groups in total. The Morgan fingerprint density at radius 3 is 3.17 bits per heavy atom. The number of urea groups is 1. The molecule has 2 amide bonds. The Labute approximate surface area is 134 Å². The zero-order valence-corrected chi connectivity index (χ0v) is 13.2. The number of piperidine rings is 1. The summed E-state index contributed by atoms with van der Waals surface area (Å²) >= 11 is 0. The zero-order chi connectivity index (χ0) is 16.2. The molecule has 0 bridgehead atoms. The highest BCUT2D eigenvalue weighted by molar-refractivity contribution is 5.74. The first-order valence-corrected chi connectivity index (χ1v) is 7.85. The van der Waals surface area contributed by atoms with Crippen molar-refractivity contribution in [1.29, 1.82) is 0 Å². The highest BCUT2D eigenvalue weighted by Crippen LogP contribution is 2.28. The molecule has 7 nitrogen and oxygen atoms in total. The third-order valence-corrected chi connectivity index (χ3v) is 4.31. The summed E-state index contributed by atoms with van der Waals surface area (Å²) in [6.07, 6.45) is 6.18. The second-order valence-corrected chi connectivity index (χ2v) is 5.93. The first-order chi connectivity index (χ1) is 11.1. The number of aliphatic hydroxyl groups excluding tert-OH is 1. The van der Waals surface area contributed by atoms with Crippen LogP contribution in [0, 0.1) is 5.92 Å². The molecule has 3 heterocycles. The van der Waals surface area contributed by atoms with Crippen molar-refractivity contribution < 1.29 is 14.3 Å². The lowest BCUT2D eigenvalue weighted by atomic mass is 9.92. The largest absolute Gasteiger partial charge is 0.467 e. The lowest BCUT2D eigenvalue weighted by Crippen LogP contribution is -2.46. The average molecular weight is 318 g/mol. The summed E-state index contributed by atoms with van der Waals surface area (Å²) in [5, 5.41) is 13.4. The van der Waals surface area contributed by atoms with Crippen LogP contribution < -0.4 is 5.32 Å². The molecular formula is C16H22N4O3. The van der Waals surface area contributed by atoms with E-state index in [-0.39, 0.29) is 11.9 Å². The number of aryl methyl sites for hydroxylation is 1. The van der Waals surface area contributed by atoms with Crippen LogP contribution in [0.15, 0.2) is 35.2 Å². The Morgan fingerprint density at radius 1 is 1.61 bits per heavy atom. The van der Waals surface area contributed by atoms with E-state index in [4.69, 9.17) is 4.42 Å². The number of imidazole rings is 1. The van der Waals surface area contributed by atoms with Gasteiger partial charge < -0.3 is 24.3 Å². The molecule has 3 rings (SSSR count). The number of amides is 2. The molecule has 0 unspecified atom stereocenters. The molecule has 1 aliphatic heterocycles. The van der Waals surface area contributed by atoms with Crippen molar-refractivity contribution >= 4 is 6.03 Å². The Bertz CT molecular complexity index is 638.